The molecule has 1 unspecified atom stereocenters. The predicted octanol–water partition coefficient (Wildman–Crippen LogP) is 3.87. The summed E-state index contributed by atoms with van der Waals surface area (Å²) in [5.74, 6) is -1.10. The molecule has 0 heterocycles. The highest BCUT2D eigenvalue weighted by molar-refractivity contribution is 6.12. The molecule has 4 rings (SSSR count). The van der Waals surface area contributed by atoms with Gasteiger partial charge in [0, 0.05) is 5.56 Å². The van der Waals surface area contributed by atoms with Gasteiger partial charge in [0.2, 0.25) is 0 Å². The van der Waals surface area contributed by atoms with Crippen LogP contribution in [0.3, 0.4) is 0 Å². The molecule has 0 fully saturated rings. The van der Waals surface area contributed by atoms with Crippen molar-refractivity contribution in [3.8, 4) is 11.1 Å². The summed E-state index contributed by atoms with van der Waals surface area (Å²) in [5, 5.41) is 11.3. The first kappa shape index (κ1) is 17.2. The average molecular weight is 358 g/mol. The number of ether oxygens (including phenoxy) is 1. The molecule has 1 atom stereocenters. The van der Waals surface area contributed by atoms with Gasteiger partial charge < -0.3 is 9.84 Å². The van der Waals surface area contributed by atoms with Crippen molar-refractivity contribution in [3.05, 3.63) is 95.6 Å². The fourth-order valence-electron chi connectivity index (χ4n) is 3.51. The van der Waals surface area contributed by atoms with Gasteiger partial charge in [-0.15, -0.1) is 0 Å². The number of carbonyl (C=O) groups is 2. The summed E-state index contributed by atoms with van der Waals surface area (Å²) in [6.45, 7) is 0.0994. The normalized spacial score (nSPS) is 17.7. The Morgan fingerprint density at radius 1 is 0.815 bits per heavy atom. The highest BCUT2D eigenvalue weighted by Gasteiger charge is 2.46. The number of carbonyl (C=O) groups excluding carboxylic acids is 2. The zero-order chi connectivity index (χ0) is 18.9. The van der Waals surface area contributed by atoms with Crippen molar-refractivity contribution in [1.29, 1.82) is 0 Å². The summed E-state index contributed by atoms with van der Waals surface area (Å²) in [6.07, 6.45) is -0.427. The monoisotopic (exact) mass is 358 g/mol. The summed E-state index contributed by atoms with van der Waals surface area (Å²) < 4.78 is 5.30. The van der Waals surface area contributed by atoms with Crippen LogP contribution in [0.2, 0.25) is 0 Å². The molecule has 0 radical (unpaired) electrons. The molecule has 1 N–H and O–H groups in total. The molecule has 3 aromatic rings. The Kier molecular flexibility index (Phi) is 4.34. The lowest BCUT2D eigenvalue weighted by molar-refractivity contribution is -0.149. The van der Waals surface area contributed by atoms with Crippen LogP contribution >= 0.6 is 0 Å². The van der Waals surface area contributed by atoms with Gasteiger partial charge in [0.25, 0.3) is 0 Å². The first-order valence-electron chi connectivity index (χ1n) is 8.75. The quantitative estimate of drug-likeness (QED) is 0.719. The second kappa shape index (κ2) is 6.82. The first-order valence-corrected chi connectivity index (χ1v) is 8.75. The molecule has 0 bridgehead atoms. The molecule has 0 aromatic heterocycles. The molecule has 134 valence electrons. The lowest BCUT2D eigenvalue weighted by atomic mass is 9.73. The number of hydrogen-bond donors (Lipinski definition) is 1. The van der Waals surface area contributed by atoms with Crippen LogP contribution in [0.25, 0.3) is 11.1 Å². The molecule has 27 heavy (non-hydrogen) atoms. The van der Waals surface area contributed by atoms with Crippen LogP contribution < -0.4 is 0 Å². The van der Waals surface area contributed by atoms with Crippen molar-refractivity contribution >= 4 is 11.8 Å². The van der Waals surface area contributed by atoms with E-state index in [4.69, 9.17) is 4.74 Å². The lowest BCUT2D eigenvalue weighted by Gasteiger charge is -2.33. The standard InChI is InChI=1S/C23H18O4/c24-21(27-15-16-8-2-1-3-9-16)14-23(26)20-13-7-6-11-18(20)17-10-4-5-12-19(17)22(23)25/h1-13,26H,14-15H2. The topological polar surface area (TPSA) is 63.6 Å². The molecule has 0 saturated carbocycles. The second-order valence-corrected chi connectivity index (χ2v) is 6.60. The number of aliphatic hydroxyl groups is 1. The van der Waals surface area contributed by atoms with Crippen LogP contribution in [-0.4, -0.2) is 16.9 Å². The summed E-state index contributed by atoms with van der Waals surface area (Å²) in [7, 11) is 0. The third kappa shape index (κ3) is 3.04. The maximum absolute atomic E-state index is 13.1. The molecule has 0 saturated heterocycles. The van der Waals surface area contributed by atoms with Crippen LogP contribution in [0.5, 0.6) is 0 Å². The second-order valence-electron chi connectivity index (χ2n) is 6.60. The Morgan fingerprint density at radius 3 is 2.15 bits per heavy atom. The van der Waals surface area contributed by atoms with E-state index in [0.29, 0.717) is 11.1 Å². The molecule has 4 nitrogen and oxygen atoms in total. The molecule has 1 aliphatic rings. The SMILES string of the molecule is O=C(CC1(O)C(=O)c2ccccc2-c2ccccc21)OCc1ccccc1. The van der Waals surface area contributed by atoms with Crippen molar-refractivity contribution in [2.75, 3.05) is 0 Å². The van der Waals surface area contributed by atoms with Gasteiger partial charge in [-0.25, -0.2) is 0 Å². The maximum atomic E-state index is 13.1. The third-order valence-corrected chi connectivity index (χ3v) is 4.85. The molecule has 1 aliphatic carbocycles. The molecule has 0 amide bonds. The Bertz CT molecular complexity index is 1010. The van der Waals surface area contributed by atoms with Crippen LogP contribution in [0.15, 0.2) is 78.9 Å². The Balaban J connectivity index is 1.63. The summed E-state index contributed by atoms with van der Waals surface area (Å²) in [4.78, 5) is 25.5. The van der Waals surface area contributed by atoms with Crippen molar-refractivity contribution in [2.45, 2.75) is 18.6 Å². The Labute approximate surface area is 157 Å². The van der Waals surface area contributed by atoms with Crippen LogP contribution in [0.4, 0.5) is 0 Å². The zero-order valence-electron chi connectivity index (χ0n) is 14.6. The van der Waals surface area contributed by atoms with Gasteiger partial charge >= 0.3 is 5.97 Å². The molecular weight excluding hydrogens is 340 g/mol. The van der Waals surface area contributed by atoms with E-state index in [-0.39, 0.29) is 6.61 Å². The molecule has 4 heteroatoms. The van der Waals surface area contributed by atoms with Crippen LogP contribution in [0.1, 0.15) is 27.9 Å². The number of esters is 1. The van der Waals surface area contributed by atoms with E-state index in [9.17, 15) is 14.7 Å². The molecule has 0 aliphatic heterocycles. The van der Waals surface area contributed by atoms with E-state index in [1.165, 1.54) is 0 Å². The van der Waals surface area contributed by atoms with Gasteiger partial charge in [0.15, 0.2) is 11.4 Å². The van der Waals surface area contributed by atoms with Gasteiger partial charge in [0.1, 0.15) is 6.61 Å². The number of rotatable bonds is 4. The fourth-order valence-corrected chi connectivity index (χ4v) is 3.51. The Morgan fingerprint density at radius 2 is 1.41 bits per heavy atom. The predicted molar refractivity (Wildman–Crippen MR) is 101 cm³/mol. The van der Waals surface area contributed by atoms with E-state index in [1.54, 1.807) is 24.3 Å². The number of hydrogen-bond acceptors (Lipinski definition) is 4. The van der Waals surface area contributed by atoms with Gasteiger partial charge in [-0.1, -0.05) is 78.9 Å². The lowest BCUT2D eigenvalue weighted by Crippen LogP contribution is -2.41. The van der Waals surface area contributed by atoms with Crippen molar-refractivity contribution in [3.63, 3.8) is 0 Å². The maximum Gasteiger partial charge on any atom is 0.309 e. The van der Waals surface area contributed by atoms with Gasteiger partial charge in [0.05, 0.1) is 6.42 Å². The van der Waals surface area contributed by atoms with Crippen molar-refractivity contribution in [1.82, 2.24) is 0 Å². The summed E-state index contributed by atoms with van der Waals surface area (Å²) in [5.41, 5.74) is 1.28. The van der Waals surface area contributed by atoms with E-state index < -0.39 is 23.8 Å². The van der Waals surface area contributed by atoms with Crippen LogP contribution in [0, 0.1) is 0 Å². The zero-order valence-corrected chi connectivity index (χ0v) is 14.6. The van der Waals surface area contributed by atoms with Crippen molar-refractivity contribution < 1.29 is 19.4 Å². The molecule has 3 aromatic carbocycles. The minimum absolute atomic E-state index is 0.0994. The minimum Gasteiger partial charge on any atom is -0.461 e. The largest absolute Gasteiger partial charge is 0.461 e. The Hall–Kier alpha value is -3.24. The molecular formula is C23H18O4. The van der Waals surface area contributed by atoms with E-state index in [0.717, 1.165) is 16.7 Å². The van der Waals surface area contributed by atoms with E-state index >= 15 is 0 Å². The first-order chi connectivity index (χ1) is 13.1. The van der Waals surface area contributed by atoms with E-state index in [1.807, 2.05) is 54.6 Å². The minimum atomic E-state index is -1.93. The highest BCUT2D eigenvalue weighted by Crippen LogP contribution is 2.43. The number of fused-ring (bicyclic) bond motifs is 3. The summed E-state index contributed by atoms with van der Waals surface area (Å²) >= 11 is 0. The number of benzene rings is 3. The highest BCUT2D eigenvalue weighted by atomic mass is 16.5. The van der Waals surface area contributed by atoms with Gasteiger partial charge in [-0.2, -0.15) is 0 Å². The smallest absolute Gasteiger partial charge is 0.309 e. The molecule has 0 spiro atoms. The van der Waals surface area contributed by atoms with E-state index in [2.05, 4.69) is 0 Å². The van der Waals surface area contributed by atoms with Gasteiger partial charge in [-0.3, -0.25) is 9.59 Å². The van der Waals surface area contributed by atoms with Crippen molar-refractivity contribution in [2.24, 2.45) is 0 Å². The third-order valence-electron chi connectivity index (χ3n) is 4.85. The number of ketones is 1. The van der Waals surface area contributed by atoms with Gasteiger partial charge in [-0.05, 0) is 22.3 Å². The summed E-state index contributed by atoms with van der Waals surface area (Å²) in [6, 6.07) is 23.5. The fraction of sp³-hybridized carbons (Fsp3) is 0.130. The number of Topliss-reactive ketones (excluding diaryl/α,β-unsaturated/α-hetero) is 1. The average Bonchev–Trinajstić information content (AvgIpc) is 2.72. The van der Waals surface area contributed by atoms with Crippen LogP contribution in [-0.2, 0) is 21.7 Å².